The first-order valence-electron chi connectivity index (χ1n) is 3.92. The van der Waals surface area contributed by atoms with Crippen LogP contribution in [0.25, 0.3) is 0 Å². The molecule has 0 heterocycles. The molecule has 0 saturated carbocycles. The molecule has 14 heavy (non-hydrogen) atoms. The van der Waals surface area contributed by atoms with Gasteiger partial charge in [0.1, 0.15) is 0 Å². The van der Waals surface area contributed by atoms with E-state index >= 15 is 0 Å². The average Bonchev–Trinajstić information content (AvgIpc) is 2.10. The lowest BCUT2D eigenvalue weighted by Crippen LogP contribution is -2.08. The third kappa shape index (κ3) is 3.00. The van der Waals surface area contributed by atoms with E-state index in [-0.39, 0.29) is 6.42 Å². The van der Waals surface area contributed by atoms with Crippen LogP contribution in [-0.4, -0.2) is 5.91 Å². The number of halogens is 1. The minimum absolute atomic E-state index is 0.0442. The van der Waals surface area contributed by atoms with Crippen molar-refractivity contribution < 1.29 is 4.79 Å². The molecule has 0 atom stereocenters. The lowest BCUT2D eigenvalue weighted by molar-refractivity contribution is -0.117. The summed E-state index contributed by atoms with van der Waals surface area (Å²) in [6.45, 7) is 0. The van der Waals surface area contributed by atoms with Gasteiger partial charge in [0, 0.05) is 5.56 Å². The number of anilines is 1. The van der Waals surface area contributed by atoms with E-state index in [0.717, 1.165) is 0 Å². The number of hydrogen-bond donors (Lipinski definition) is 2. The molecule has 0 saturated heterocycles. The van der Waals surface area contributed by atoms with E-state index < -0.39 is 5.91 Å². The van der Waals surface area contributed by atoms with Crippen molar-refractivity contribution in [1.82, 2.24) is 0 Å². The standard InChI is InChI=1S/C10H9ClN2O/c11-8-5-4-7(6-9(8)12)2-1-3-10(13)14/h4-6H,3,12H2,(H2,13,14). The van der Waals surface area contributed by atoms with Crippen molar-refractivity contribution in [1.29, 1.82) is 0 Å². The summed E-state index contributed by atoms with van der Waals surface area (Å²) < 4.78 is 0. The van der Waals surface area contributed by atoms with Crippen molar-refractivity contribution in [3.8, 4) is 11.8 Å². The number of carbonyl (C=O) groups excluding carboxylic acids is 1. The maximum atomic E-state index is 10.4. The van der Waals surface area contributed by atoms with Crippen LogP contribution in [0.4, 0.5) is 5.69 Å². The van der Waals surface area contributed by atoms with E-state index in [9.17, 15) is 4.79 Å². The van der Waals surface area contributed by atoms with Gasteiger partial charge in [-0.05, 0) is 18.2 Å². The summed E-state index contributed by atoms with van der Waals surface area (Å²) in [4.78, 5) is 10.4. The van der Waals surface area contributed by atoms with Crippen LogP contribution in [0.15, 0.2) is 18.2 Å². The van der Waals surface area contributed by atoms with Gasteiger partial charge in [0.15, 0.2) is 0 Å². The van der Waals surface area contributed by atoms with Crippen LogP contribution < -0.4 is 11.5 Å². The molecule has 72 valence electrons. The van der Waals surface area contributed by atoms with Crippen molar-refractivity contribution in [2.75, 3.05) is 5.73 Å². The Bertz CT molecular complexity index is 418. The molecule has 0 aliphatic heterocycles. The summed E-state index contributed by atoms with van der Waals surface area (Å²) in [6.07, 6.45) is 0.0442. The predicted molar refractivity (Wildman–Crippen MR) is 56.6 cm³/mol. The number of rotatable bonds is 1. The molecule has 0 bridgehead atoms. The first-order valence-corrected chi connectivity index (χ1v) is 4.29. The number of carbonyl (C=O) groups is 1. The Morgan fingerprint density at radius 3 is 2.79 bits per heavy atom. The molecule has 4 heteroatoms. The Hall–Kier alpha value is -1.66. The molecule has 1 amide bonds. The van der Waals surface area contributed by atoms with Crippen molar-refractivity contribution in [2.24, 2.45) is 5.73 Å². The highest BCUT2D eigenvalue weighted by atomic mass is 35.5. The fraction of sp³-hybridized carbons (Fsp3) is 0.100. The number of amides is 1. The SMILES string of the molecule is NC(=O)CC#Cc1ccc(Cl)c(N)c1. The number of hydrogen-bond acceptors (Lipinski definition) is 2. The van der Waals surface area contributed by atoms with Crippen LogP contribution in [-0.2, 0) is 4.79 Å². The minimum Gasteiger partial charge on any atom is -0.397 e. The Balaban J connectivity index is 2.81. The zero-order valence-electron chi connectivity index (χ0n) is 7.38. The molecular formula is C10H9ClN2O. The zero-order chi connectivity index (χ0) is 10.6. The zero-order valence-corrected chi connectivity index (χ0v) is 8.14. The maximum Gasteiger partial charge on any atom is 0.229 e. The van der Waals surface area contributed by atoms with Crippen LogP contribution in [0.5, 0.6) is 0 Å². The molecule has 0 fully saturated rings. The van der Waals surface area contributed by atoms with Crippen molar-refractivity contribution in [3.05, 3.63) is 28.8 Å². The molecule has 0 aliphatic rings. The molecular weight excluding hydrogens is 200 g/mol. The van der Waals surface area contributed by atoms with Crippen LogP contribution in [0.2, 0.25) is 5.02 Å². The maximum absolute atomic E-state index is 10.4. The van der Waals surface area contributed by atoms with Crippen LogP contribution >= 0.6 is 11.6 Å². The molecule has 1 aromatic carbocycles. The third-order valence-electron chi connectivity index (χ3n) is 1.49. The van der Waals surface area contributed by atoms with E-state index in [1.54, 1.807) is 18.2 Å². The highest BCUT2D eigenvalue weighted by Crippen LogP contribution is 2.18. The normalized spacial score (nSPS) is 8.93. The highest BCUT2D eigenvalue weighted by Gasteiger charge is 1.95. The molecule has 0 radical (unpaired) electrons. The first kappa shape index (κ1) is 10.4. The Kier molecular flexibility index (Phi) is 3.38. The molecule has 1 aromatic rings. The number of primary amides is 1. The molecule has 1 rings (SSSR count). The molecule has 0 aromatic heterocycles. The quantitative estimate of drug-likeness (QED) is 0.537. The largest absolute Gasteiger partial charge is 0.397 e. The van der Waals surface area contributed by atoms with Gasteiger partial charge in [-0.1, -0.05) is 23.4 Å². The van der Waals surface area contributed by atoms with Crippen molar-refractivity contribution >= 4 is 23.2 Å². The fourth-order valence-electron chi connectivity index (χ4n) is 0.855. The van der Waals surface area contributed by atoms with E-state index in [1.165, 1.54) is 0 Å². The van der Waals surface area contributed by atoms with Gasteiger partial charge < -0.3 is 11.5 Å². The van der Waals surface area contributed by atoms with Gasteiger partial charge >= 0.3 is 0 Å². The van der Waals surface area contributed by atoms with Crippen LogP contribution in [0.3, 0.4) is 0 Å². The van der Waals surface area contributed by atoms with Crippen LogP contribution in [0.1, 0.15) is 12.0 Å². The summed E-state index contributed by atoms with van der Waals surface area (Å²) >= 11 is 5.72. The van der Waals surface area contributed by atoms with Gasteiger partial charge in [0.05, 0.1) is 17.1 Å². The molecule has 0 aliphatic carbocycles. The monoisotopic (exact) mass is 208 g/mol. The number of nitrogen functional groups attached to an aromatic ring is 1. The third-order valence-corrected chi connectivity index (χ3v) is 1.84. The van der Waals surface area contributed by atoms with E-state index in [0.29, 0.717) is 16.3 Å². The first-order chi connectivity index (χ1) is 6.59. The second kappa shape index (κ2) is 4.54. The summed E-state index contributed by atoms with van der Waals surface area (Å²) in [7, 11) is 0. The second-order valence-electron chi connectivity index (χ2n) is 2.68. The van der Waals surface area contributed by atoms with E-state index in [2.05, 4.69) is 11.8 Å². The average molecular weight is 209 g/mol. The fourth-order valence-corrected chi connectivity index (χ4v) is 0.972. The Morgan fingerprint density at radius 1 is 1.50 bits per heavy atom. The number of nitrogens with two attached hydrogens (primary N) is 2. The van der Waals surface area contributed by atoms with Gasteiger partial charge in [-0.3, -0.25) is 4.79 Å². The molecule has 4 N–H and O–H groups in total. The van der Waals surface area contributed by atoms with Gasteiger partial charge in [0.2, 0.25) is 5.91 Å². The van der Waals surface area contributed by atoms with Crippen molar-refractivity contribution in [3.63, 3.8) is 0 Å². The molecule has 0 spiro atoms. The van der Waals surface area contributed by atoms with Gasteiger partial charge in [-0.25, -0.2) is 0 Å². The lowest BCUT2D eigenvalue weighted by atomic mass is 10.2. The van der Waals surface area contributed by atoms with Gasteiger partial charge in [-0.2, -0.15) is 0 Å². The van der Waals surface area contributed by atoms with Gasteiger partial charge in [0.25, 0.3) is 0 Å². The topological polar surface area (TPSA) is 69.1 Å². The number of benzene rings is 1. The Labute approximate surface area is 87.0 Å². The Morgan fingerprint density at radius 2 is 2.21 bits per heavy atom. The summed E-state index contributed by atoms with van der Waals surface area (Å²) in [5.74, 6) is 4.93. The van der Waals surface area contributed by atoms with E-state index in [4.69, 9.17) is 23.1 Å². The highest BCUT2D eigenvalue weighted by molar-refractivity contribution is 6.33. The van der Waals surface area contributed by atoms with Gasteiger partial charge in [-0.15, -0.1) is 0 Å². The van der Waals surface area contributed by atoms with E-state index in [1.807, 2.05) is 0 Å². The summed E-state index contributed by atoms with van der Waals surface area (Å²) in [5, 5.41) is 0.491. The second-order valence-corrected chi connectivity index (χ2v) is 3.09. The summed E-state index contributed by atoms with van der Waals surface area (Å²) in [6, 6.07) is 5.04. The minimum atomic E-state index is -0.445. The summed E-state index contributed by atoms with van der Waals surface area (Å²) in [5.41, 5.74) is 11.7. The van der Waals surface area contributed by atoms with Crippen LogP contribution in [0, 0.1) is 11.8 Å². The molecule has 3 nitrogen and oxygen atoms in total. The molecule has 0 unspecified atom stereocenters. The smallest absolute Gasteiger partial charge is 0.229 e. The van der Waals surface area contributed by atoms with Crippen molar-refractivity contribution in [2.45, 2.75) is 6.42 Å². The lowest BCUT2D eigenvalue weighted by Gasteiger charge is -1.96. The predicted octanol–water partition coefficient (Wildman–Crippen LogP) is 1.15.